The van der Waals surface area contributed by atoms with E-state index in [1.165, 1.54) is 37.8 Å². The lowest BCUT2D eigenvalue weighted by molar-refractivity contribution is 0.350. The Labute approximate surface area is 228 Å². The molecule has 0 aliphatic heterocycles. The van der Waals surface area contributed by atoms with Gasteiger partial charge < -0.3 is 4.57 Å². The quantitative estimate of drug-likeness (QED) is 0.129. The Morgan fingerprint density at radius 2 is 1.89 bits per heavy atom. The predicted molar refractivity (Wildman–Crippen MR) is 154 cm³/mol. The Morgan fingerprint density at radius 1 is 1.11 bits per heavy atom. The van der Waals surface area contributed by atoms with Gasteiger partial charge in [0.05, 0.1) is 29.0 Å². The zero-order valence-corrected chi connectivity index (χ0v) is 23.2. The van der Waals surface area contributed by atoms with E-state index in [0.717, 1.165) is 43.1 Å². The minimum absolute atomic E-state index is 0.439. The summed E-state index contributed by atoms with van der Waals surface area (Å²) in [6, 6.07) is 16.6. The van der Waals surface area contributed by atoms with Crippen LogP contribution >= 0.6 is 34.7 Å². The number of benzene rings is 2. The summed E-state index contributed by atoms with van der Waals surface area (Å²) in [6.45, 7) is 2.59. The number of thiazole rings is 1. The average molecular weight is 550 g/mol. The molecule has 7 nitrogen and oxygen atoms in total. The summed E-state index contributed by atoms with van der Waals surface area (Å²) in [5.41, 5.74) is 5.19. The number of para-hydroxylation sites is 2. The molecular weight excluding hydrogens is 522 g/mol. The zero-order chi connectivity index (χ0) is 25.4. The van der Waals surface area contributed by atoms with Crippen LogP contribution in [0.1, 0.15) is 45.1 Å². The molecule has 1 aliphatic carbocycles. The van der Waals surface area contributed by atoms with Crippen molar-refractivity contribution >= 4 is 57.2 Å². The number of thioether (sulfide) groups is 1. The second-order valence-electron chi connectivity index (χ2n) is 9.39. The van der Waals surface area contributed by atoms with Crippen molar-refractivity contribution in [2.45, 2.75) is 56.8 Å². The Bertz CT molecular complexity index is 1650. The van der Waals surface area contributed by atoms with E-state index in [-0.39, 0.29) is 0 Å². The summed E-state index contributed by atoms with van der Waals surface area (Å²) < 4.78 is 6.43. The van der Waals surface area contributed by atoms with Gasteiger partial charge in [-0.2, -0.15) is 9.62 Å². The van der Waals surface area contributed by atoms with Crippen LogP contribution in [0.15, 0.2) is 69.3 Å². The Balaban J connectivity index is 1.38. The first-order valence-corrected chi connectivity index (χ1v) is 15.0. The van der Waals surface area contributed by atoms with Crippen LogP contribution in [-0.4, -0.2) is 35.7 Å². The molecular formula is C27H28ClN7S2. The SMILES string of the molecule is CSc1nn2c3ccccc3nc2n1C/C(C)=N/N=c1\scc(-c2ccc(Cl)cc2)n1C1CCCCC1. The molecule has 0 radical (unpaired) electrons. The molecule has 3 heterocycles. The van der Waals surface area contributed by atoms with Gasteiger partial charge >= 0.3 is 0 Å². The smallest absolute Gasteiger partial charge is 0.234 e. The second kappa shape index (κ2) is 10.5. The van der Waals surface area contributed by atoms with Crippen molar-refractivity contribution in [1.82, 2.24) is 23.7 Å². The van der Waals surface area contributed by atoms with E-state index in [4.69, 9.17) is 31.9 Å². The topological polar surface area (TPSA) is 64.8 Å². The predicted octanol–water partition coefficient (Wildman–Crippen LogP) is 7.07. The summed E-state index contributed by atoms with van der Waals surface area (Å²) >= 11 is 9.42. The van der Waals surface area contributed by atoms with E-state index in [9.17, 15) is 0 Å². The number of hydrogen-bond donors (Lipinski definition) is 0. The van der Waals surface area contributed by atoms with Gasteiger partial charge in [0.2, 0.25) is 10.6 Å². The van der Waals surface area contributed by atoms with E-state index in [1.807, 2.05) is 54.1 Å². The molecule has 0 bridgehead atoms. The third-order valence-corrected chi connectivity index (χ3v) is 8.62. The highest BCUT2D eigenvalue weighted by molar-refractivity contribution is 7.98. The van der Waals surface area contributed by atoms with Crippen molar-refractivity contribution in [3.05, 3.63) is 63.7 Å². The van der Waals surface area contributed by atoms with Gasteiger partial charge in [0, 0.05) is 16.4 Å². The van der Waals surface area contributed by atoms with Crippen molar-refractivity contribution in [2.75, 3.05) is 6.26 Å². The first-order valence-electron chi connectivity index (χ1n) is 12.5. The van der Waals surface area contributed by atoms with Crippen LogP contribution in [-0.2, 0) is 6.54 Å². The highest BCUT2D eigenvalue weighted by atomic mass is 35.5. The normalized spacial score (nSPS) is 15.9. The van der Waals surface area contributed by atoms with Gasteiger partial charge in [0.1, 0.15) is 0 Å². The molecule has 190 valence electrons. The molecule has 2 aromatic carbocycles. The Kier molecular flexibility index (Phi) is 6.92. The molecule has 6 rings (SSSR count). The van der Waals surface area contributed by atoms with Crippen LogP contribution in [0.4, 0.5) is 0 Å². The standard InChI is InChI=1S/C27H28ClN7S2/c1-18(16-33-25-29-22-10-6-7-11-23(22)35(25)32-27(33)36-2)30-31-26-34(21-8-4-3-5-9-21)24(17-37-26)19-12-14-20(28)15-13-19/h6-7,10-15,17,21H,3-5,8-9,16H2,1-2H3/b30-18+,31-26-. The number of fused-ring (bicyclic) bond motifs is 3. The number of halogens is 1. The van der Waals surface area contributed by atoms with Crippen LogP contribution in [0.25, 0.3) is 28.1 Å². The van der Waals surface area contributed by atoms with E-state index in [0.29, 0.717) is 12.6 Å². The molecule has 0 amide bonds. The lowest BCUT2D eigenvalue weighted by atomic mass is 9.95. The minimum Gasteiger partial charge on any atom is -0.312 e. The maximum atomic E-state index is 6.16. The zero-order valence-electron chi connectivity index (χ0n) is 20.8. The summed E-state index contributed by atoms with van der Waals surface area (Å²) in [4.78, 5) is 5.76. The fraction of sp³-hybridized carbons (Fsp3) is 0.333. The molecule has 0 unspecified atom stereocenters. The number of imidazole rings is 1. The molecule has 5 aromatic rings. The molecule has 1 saturated carbocycles. The summed E-state index contributed by atoms with van der Waals surface area (Å²) in [5, 5.41) is 18.1. The fourth-order valence-corrected chi connectivity index (χ4v) is 6.67. The van der Waals surface area contributed by atoms with Crippen LogP contribution in [0.2, 0.25) is 5.02 Å². The highest BCUT2D eigenvalue weighted by Gasteiger charge is 2.21. The number of nitrogens with zero attached hydrogens (tertiary/aromatic N) is 7. The first-order chi connectivity index (χ1) is 18.1. The first kappa shape index (κ1) is 24.5. The van der Waals surface area contributed by atoms with E-state index in [2.05, 4.69) is 26.6 Å². The van der Waals surface area contributed by atoms with Crippen LogP contribution in [0.3, 0.4) is 0 Å². The van der Waals surface area contributed by atoms with Gasteiger partial charge in [-0.3, -0.25) is 4.57 Å². The van der Waals surface area contributed by atoms with Gasteiger partial charge in [-0.05, 0) is 55.9 Å². The van der Waals surface area contributed by atoms with Gasteiger partial charge in [-0.15, -0.1) is 21.5 Å². The molecule has 0 atom stereocenters. The Hall–Kier alpha value is -2.88. The summed E-state index contributed by atoms with van der Waals surface area (Å²) in [5.74, 6) is 0.818. The molecule has 0 spiro atoms. The lowest BCUT2D eigenvalue weighted by Gasteiger charge is -2.25. The third-order valence-electron chi connectivity index (χ3n) is 6.87. The molecule has 1 aliphatic rings. The molecule has 1 fully saturated rings. The largest absolute Gasteiger partial charge is 0.312 e. The second-order valence-corrected chi connectivity index (χ2v) is 11.4. The van der Waals surface area contributed by atoms with Crippen molar-refractivity contribution in [3.8, 4) is 11.3 Å². The van der Waals surface area contributed by atoms with E-state index < -0.39 is 0 Å². The molecule has 0 N–H and O–H groups in total. The Morgan fingerprint density at radius 3 is 2.68 bits per heavy atom. The third kappa shape index (κ3) is 4.76. The van der Waals surface area contributed by atoms with Crippen molar-refractivity contribution in [1.29, 1.82) is 0 Å². The molecule has 10 heteroatoms. The minimum atomic E-state index is 0.439. The molecule has 3 aromatic heterocycles. The van der Waals surface area contributed by atoms with Crippen molar-refractivity contribution in [2.24, 2.45) is 10.2 Å². The average Bonchev–Trinajstić information content (AvgIpc) is 3.61. The lowest BCUT2D eigenvalue weighted by Crippen LogP contribution is -2.23. The van der Waals surface area contributed by atoms with Crippen LogP contribution in [0, 0.1) is 0 Å². The van der Waals surface area contributed by atoms with Crippen molar-refractivity contribution < 1.29 is 0 Å². The van der Waals surface area contributed by atoms with Gasteiger partial charge in [0.25, 0.3) is 0 Å². The van der Waals surface area contributed by atoms with Gasteiger partial charge in [-0.25, -0.2) is 4.98 Å². The van der Waals surface area contributed by atoms with Gasteiger partial charge in [0.15, 0.2) is 5.16 Å². The van der Waals surface area contributed by atoms with Crippen LogP contribution < -0.4 is 4.80 Å². The van der Waals surface area contributed by atoms with Gasteiger partial charge in [-0.1, -0.05) is 66.9 Å². The number of aromatic nitrogens is 5. The summed E-state index contributed by atoms with van der Waals surface area (Å²) in [6.07, 6.45) is 8.19. The fourth-order valence-electron chi connectivity index (χ4n) is 5.09. The molecule has 0 saturated heterocycles. The maximum absolute atomic E-state index is 6.16. The van der Waals surface area contributed by atoms with Crippen LogP contribution in [0.5, 0.6) is 0 Å². The maximum Gasteiger partial charge on any atom is 0.234 e. The highest BCUT2D eigenvalue weighted by Crippen LogP contribution is 2.32. The number of hydrogen-bond acceptors (Lipinski definition) is 6. The van der Waals surface area contributed by atoms with E-state index in [1.54, 1.807) is 23.1 Å². The summed E-state index contributed by atoms with van der Waals surface area (Å²) in [7, 11) is 0. The van der Waals surface area contributed by atoms with Crippen molar-refractivity contribution in [3.63, 3.8) is 0 Å². The van der Waals surface area contributed by atoms with E-state index >= 15 is 0 Å². The monoisotopic (exact) mass is 549 g/mol. The number of rotatable bonds is 6. The molecule has 37 heavy (non-hydrogen) atoms.